The second-order valence-corrected chi connectivity index (χ2v) is 6.16. The topological polar surface area (TPSA) is 74.8 Å². The predicted molar refractivity (Wildman–Crippen MR) is 90.1 cm³/mol. The van der Waals surface area contributed by atoms with Crippen LogP contribution in [0.5, 0.6) is 0 Å². The second-order valence-electron chi connectivity index (χ2n) is 6.16. The number of aromatic nitrogens is 4. The molecule has 1 aromatic carbocycles. The zero-order valence-electron chi connectivity index (χ0n) is 13.7. The van der Waals surface area contributed by atoms with Gasteiger partial charge in [-0.05, 0) is 12.5 Å². The third kappa shape index (κ3) is 3.23. The molecular formula is C18H15F2N5O. The number of benzene rings is 1. The van der Waals surface area contributed by atoms with Gasteiger partial charge in [-0.15, -0.1) is 0 Å². The molecule has 1 aliphatic heterocycles. The molecule has 1 aliphatic rings. The predicted octanol–water partition coefficient (Wildman–Crippen LogP) is 2.06. The first-order valence-electron chi connectivity index (χ1n) is 8.14. The maximum atomic E-state index is 13.9. The molecule has 3 heterocycles. The lowest BCUT2D eigenvalue weighted by Crippen LogP contribution is -2.35. The minimum atomic E-state index is -0.599. The maximum absolute atomic E-state index is 13.9. The van der Waals surface area contributed by atoms with Crippen molar-refractivity contribution in [1.29, 1.82) is 0 Å². The van der Waals surface area contributed by atoms with Crippen molar-refractivity contribution in [3.8, 4) is 11.4 Å². The molecule has 26 heavy (non-hydrogen) atoms. The third-order valence-electron chi connectivity index (χ3n) is 4.40. The zero-order chi connectivity index (χ0) is 18.1. The Hall–Kier alpha value is -3.00. The van der Waals surface area contributed by atoms with Crippen LogP contribution in [-0.2, 0) is 19.5 Å². The maximum Gasteiger partial charge on any atom is 0.254 e. The van der Waals surface area contributed by atoms with E-state index in [0.29, 0.717) is 54.3 Å². The molecule has 4 rings (SSSR count). The van der Waals surface area contributed by atoms with Crippen LogP contribution in [0.2, 0.25) is 0 Å². The highest BCUT2D eigenvalue weighted by Gasteiger charge is 2.22. The van der Waals surface area contributed by atoms with E-state index in [-0.39, 0.29) is 5.56 Å². The molecule has 0 saturated heterocycles. The summed E-state index contributed by atoms with van der Waals surface area (Å²) in [6.45, 7) is 1.34. The van der Waals surface area contributed by atoms with Gasteiger partial charge in [0.25, 0.3) is 5.56 Å². The van der Waals surface area contributed by atoms with Gasteiger partial charge in [-0.2, -0.15) is 0 Å². The normalized spacial score (nSPS) is 14.2. The van der Waals surface area contributed by atoms with Crippen LogP contribution in [0.15, 0.2) is 41.7 Å². The van der Waals surface area contributed by atoms with E-state index in [9.17, 15) is 13.6 Å². The van der Waals surface area contributed by atoms with Crippen LogP contribution >= 0.6 is 0 Å². The lowest BCUT2D eigenvalue weighted by atomic mass is 10.0. The Morgan fingerprint density at radius 3 is 2.77 bits per heavy atom. The molecule has 132 valence electrons. The average Bonchev–Trinajstić information content (AvgIpc) is 2.64. The summed E-state index contributed by atoms with van der Waals surface area (Å²) in [5, 5.41) is 0. The summed E-state index contributed by atoms with van der Waals surface area (Å²) in [7, 11) is 0. The van der Waals surface area contributed by atoms with E-state index in [2.05, 4.69) is 19.9 Å². The molecule has 0 atom stereocenters. The number of halogens is 2. The highest BCUT2D eigenvalue weighted by Crippen LogP contribution is 2.20. The smallest absolute Gasteiger partial charge is 0.254 e. The Morgan fingerprint density at radius 2 is 2.00 bits per heavy atom. The summed E-state index contributed by atoms with van der Waals surface area (Å²) in [4.78, 5) is 29.5. The molecule has 0 aliphatic carbocycles. The molecule has 1 N–H and O–H groups in total. The molecule has 0 saturated carbocycles. The Morgan fingerprint density at radius 1 is 1.19 bits per heavy atom. The highest BCUT2D eigenvalue weighted by atomic mass is 19.1. The molecule has 0 unspecified atom stereocenters. The van der Waals surface area contributed by atoms with Gasteiger partial charge >= 0.3 is 0 Å². The van der Waals surface area contributed by atoms with Gasteiger partial charge in [0.05, 0.1) is 11.3 Å². The van der Waals surface area contributed by atoms with Gasteiger partial charge in [0.15, 0.2) is 0 Å². The Bertz CT molecular complexity index is 1010. The minimum Gasteiger partial charge on any atom is -0.306 e. The molecule has 0 radical (unpaired) electrons. The lowest BCUT2D eigenvalue weighted by Gasteiger charge is -2.27. The van der Waals surface area contributed by atoms with E-state index in [4.69, 9.17) is 0 Å². The van der Waals surface area contributed by atoms with Crippen LogP contribution < -0.4 is 5.56 Å². The van der Waals surface area contributed by atoms with Crippen molar-refractivity contribution in [3.63, 3.8) is 0 Å². The van der Waals surface area contributed by atoms with Crippen molar-refractivity contribution >= 4 is 0 Å². The number of hydrogen-bond acceptors (Lipinski definition) is 5. The van der Waals surface area contributed by atoms with Crippen molar-refractivity contribution in [2.45, 2.75) is 19.5 Å². The average molecular weight is 355 g/mol. The van der Waals surface area contributed by atoms with Crippen LogP contribution in [0.1, 0.15) is 16.8 Å². The number of aromatic amines is 1. The summed E-state index contributed by atoms with van der Waals surface area (Å²) < 4.78 is 27.0. The molecule has 2 aromatic heterocycles. The first-order valence-corrected chi connectivity index (χ1v) is 8.14. The van der Waals surface area contributed by atoms with Crippen LogP contribution in [-0.4, -0.2) is 31.4 Å². The molecular weight excluding hydrogens is 340 g/mol. The fourth-order valence-electron chi connectivity index (χ4n) is 3.08. The van der Waals surface area contributed by atoms with Crippen LogP contribution in [0.25, 0.3) is 11.4 Å². The lowest BCUT2D eigenvalue weighted by molar-refractivity contribution is 0.237. The largest absolute Gasteiger partial charge is 0.306 e. The van der Waals surface area contributed by atoms with E-state index < -0.39 is 11.6 Å². The fourth-order valence-corrected chi connectivity index (χ4v) is 3.08. The van der Waals surface area contributed by atoms with Crippen molar-refractivity contribution in [2.24, 2.45) is 0 Å². The van der Waals surface area contributed by atoms with Gasteiger partial charge in [0.2, 0.25) is 0 Å². The van der Waals surface area contributed by atoms with E-state index in [1.165, 1.54) is 18.5 Å². The van der Waals surface area contributed by atoms with Gasteiger partial charge in [-0.1, -0.05) is 6.07 Å². The van der Waals surface area contributed by atoms with Crippen molar-refractivity contribution < 1.29 is 8.78 Å². The number of nitrogens with one attached hydrogen (secondary N) is 1. The zero-order valence-corrected chi connectivity index (χ0v) is 13.7. The van der Waals surface area contributed by atoms with Gasteiger partial charge < -0.3 is 4.98 Å². The van der Waals surface area contributed by atoms with Crippen molar-refractivity contribution in [3.05, 3.63) is 75.7 Å². The minimum absolute atomic E-state index is 0.179. The first-order chi connectivity index (χ1) is 12.6. The number of nitrogens with zero attached hydrogens (tertiary/aromatic N) is 4. The molecule has 0 amide bonds. The van der Waals surface area contributed by atoms with Crippen molar-refractivity contribution in [1.82, 2.24) is 24.8 Å². The number of hydrogen-bond donors (Lipinski definition) is 1. The molecule has 6 nitrogen and oxygen atoms in total. The molecule has 8 heteroatoms. The van der Waals surface area contributed by atoms with Crippen LogP contribution in [0.3, 0.4) is 0 Å². The molecule has 0 spiro atoms. The summed E-state index contributed by atoms with van der Waals surface area (Å²) >= 11 is 0. The number of H-pyrrole nitrogens is 1. The van der Waals surface area contributed by atoms with Crippen LogP contribution in [0.4, 0.5) is 8.78 Å². The number of rotatable bonds is 3. The molecule has 3 aromatic rings. The quantitative estimate of drug-likeness (QED) is 0.778. The molecule has 0 bridgehead atoms. The standard InChI is InChI=1S/C18H15F2N5O/c19-13-2-1-11(15(20)5-13)8-25-4-3-14-16(9-25)23-17(24-18(14)26)12-6-21-10-22-7-12/h1-2,5-7,10H,3-4,8-9H2,(H,23,24,26). The summed E-state index contributed by atoms with van der Waals surface area (Å²) in [5.41, 5.74) is 2.15. The summed E-state index contributed by atoms with van der Waals surface area (Å²) in [6, 6.07) is 3.56. The van der Waals surface area contributed by atoms with E-state index in [1.807, 2.05) is 4.90 Å². The van der Waals surface area contributed by atoms with Gasteiger partial charge in [0.1, 0.15) is 23.8 Å². The van der Waals surface area contributed by atoms with Crippen LogP contribution in [0, 0.1) is 11.6 Å². The Kier molecular flexibility index (Phi) is 4.26. The van der Waals surface area contributed by atoms with Gasteiger partial charge in [0, 0.05) is 49.2 Å². The SMILES string of the molecule is O=c1[nH]c(-c2cncnc2)nc2c1CCN(Cc1ccc(F)cc1F)C2. The number of fused-ring (bicyclic) bond motifs is 1. The Balaban J connectivity index is 1.61. The van der Waals surface area contributed by atoms with E-state index in [1.54, 1.807) is 12.4 Å². The molecule has 0 fully saturated rings. The van der Waals surface area contributed by atoms with E-state index >= 15 is 0 Å². The Labute approximate surface area is 147 Å². The summed E-state index contributed by atoms with van der Waals surface area (Å²) in [5.74, 6) is -0.765. The second kappa shape index (κ2) is 6.72. The summed E-state index contributed by atoms with van der Waals surface area (Å²) in [6.07, 6.45) is 5.07. The monoisotopic (exact) mass is 355 g/mol. The highest BCUT2D eigenvalue weighted by molar-refractivity contribution is 5.52. The first kappa shape index (κ1) is 16.5. The van der Waals surface area contributed by atoms with Gasteiger partial charge in [-0.3, -0.25) is 9.69 Å². The van der Waals surface area contributed by atoms with Crippen molar-refractivity contribution in [2.75, 3.05) is 6.54 Å². The fraction of sp³-hybridized carbons (Fsp3) is 0.222. The van der Waals surface area contributed by atoms with Gasteiger partial charge in [-0.25, -0.2) is 23.7 Å². The van der Waals surface area contributed by atoms with E-state index in [0.717, 1.165) is 6.07 Å². The third-order valence-corrected chi connectivity index (χ3v) is 4.40.